The van der Waals surface area contributed by atoms with Crippen molar-refractivity contribution in [3.05, 3.63) is 224 Å². The topological polar surface area (TPSA) is 28.2 Å². The lowest BCUT2D eigenvalue weighted by Crippen LogP contribution is -2.11. The maximum atomic E-state index is 5.95. The molecule has 5 heterocycles. The Morgan fingerprint density at radius 1 is 0.318 bits per heavy atom. The molecule has 0 unspecified atom stereocenters. The van der Waals surface area contributed by atoms with E-state index in [9.17, 15) is 0 Å². The van der Waals surface area contributed by atoms with Crippen molar-refractivity contribution in [3.8, 4) is 0 Å². The average molecular weight is 840 g/mol. The standard InChI is InChI=1S/C61H37N5/c1-5-21-40(22-6-1)63(41-23-7-2-8-24-41)52-34-18-33-48-54-44-29-15-13-19-38(44)36-51-55-53(65(57(48)52)58(51)54)37-50-47-32-17-31-46-49-35-39-20-14-16-30-45(39)59(60(49)66(56(46)47)61(50)62-55)64(42-25-9-3-10-26-42)43-27-11-4-12-28-43/h1-37H. The van der Waals surface area contributed by atoms with Crippen LogP contribution >= 0.6 is 0 Å². The van der Waals surface area contributed by atoms with Gasteiger partial charge in [0.15, 0.2) is 0 Å². The molecule has 10 aromatic carbocycles. The van der Waals surface area contributed by atoms with E-state index in [1.165, 1.54) is 59.5 Å². The molecule has 0 atom stereocenters. The van der Waals surface area contributed by atoms with Crippen LogP contribution in [-0.2, 0) is 0 Å². The number of aromatic nitrogens is 3. The Hall–Kier alpha value is -8.93. The number of para-hydroxylation sites is 6. The molecule has 0 spiro atoms. The molecule has 0 aliphatic heterocycles. The van der Waals surface area contributed by atoms with Gasteiger partial charge in [-0.05, 0) is 89.0 Å². The molecule has 0 fully saturated rings. The van der Waals surface area contributed by atoms with Crippen molar-refractivity contribution in [1.82, 2.24) is 13.8 Å². The maximum Gasteiger partial charge on any atom is 0.146 e. The summed E-state index contributed by atoms with van der Waals surface area (Å²) in [5.74, 6) is 0. The summed E-state index contributed by atoms with van der Waals surface area (Å²) in [6, 6.07) is 81.6. The molecule has 0 N–H and O–H groups in total. The lowest BCUT2D eigenvalue weighted by atomic mass is 10.0. The fourth-order valence-electron chi connectivity index (χ4n) is 11.4. The predicted octanol–water partition coefficient (Wildman–Crippen LogP) is 16.6. The smallest absolute Gasteiger partial charge is 0.146 e. The van der Waals surface area contributed by atoms with Crippen molar-refractivity contribution in [3.63, 3.8) is 0 Å². The fourth-order valence-corrected chi connectivity index (χ4v) is 11.4. The zero-order chi connectivity index (χ0) is 43.0. The second-order valence-corrected chi connectivity index (χ2v) is 17.5. The highest BCUT2D eigenvalue weighted by molar-refractivity contribution is 6.34. The van der Waals surface area contributed by atoms with Crippen LogP contribution < -0.4 is 9.80 Å². The number of hydrogen-bond donors (Lipinski definition) is 0. The third-order valence-electron chi connectivity index (χ3n) is 14.0. The Balaban J connectivity index is 1.14. The van der Waals surface area contributed by atoms with Crippen LogP contribution in [-0.4, -0.2) is 13.8 Å². The van der Waals surface area contributed by atoms with Crippen LogP contribution in [0.5, 0.6) is 0 Å². The monoisotopic (exact) mass is 839 g/mol. The molecule has 15 rings (SSSR count). The van der Waals surface area contributed by atoms with E-state index in [1.807, 2.05) is 0 Å². The van der Waals surface area contributed by atoms with Crippen LogP contribution in [0.3, 0.4) is 0 Å². The summed E-state index contributed by atoms with van der Waals surface area (Å²) in [7, 11) is 0. The zero-order valence-electron chi connectivity index (χ0n) is 35.6. The SMILES string of the molecule is c1ccc(N(c2ccccc2)c2cccc3c4c5ccccc5cc5c6nc7c(cc6n(c23)c54)c2cccc3c4cc5ccccc5c(N(c5ccccc5)c5ccccc5)c4n7c23)cc1. The molecule has 306 valence electrons. The van der Waals surface area contributed by atoms with Crippen molar-refractivity contribution in [1.29, 1.82) is 0 Å². The van der Waals surface area contributed by atoms with Gasteiger partial charge in [-0.2, -0.15) is 0 Å². The van der Waals surface area contributed by atoms with Gasteiger partial charge >= 0.3 is 0 Å². The molecule has 0 saturated carbocycles. The van der Waals surface area contributed by atoms with Crippen molar-refractivity contribution in [2.45, 2.75) is 0 Å². The van der Waals surface area contributed by atoms with Gasteiger partial charge in [0.2, 0.25) is 0 Å². The second-order valence-electron chi connectivity index (χ2n) is 17.5. The molecule has 0 amide bonds. The van der Waals surface area contributed by atoms with Crippen molar-refractivity contribution < 1.29 is 0 Å². The Morgan fingerprint density at radius 3 is 1.47 bits per heavy atom. The summed E-state index contributed by atoms with van der Waals surface area (Å²) in [6.07, 6.45) is 0. The van der Waals surface area contributed by atoms with Gasteiger partial charge in [-0.15, -0.1) is 0 Å². The van der Waals surface area contributed by atoms with Crippen LogP contribution in [0.25, 0.3) is 98.0 Å². The Bertz CT molecular complexity index is 4310. The van der Waals surface area contributed by atoms with Crippen LogP contribution in [0.4, 0.5) is 34.1 Å². The molecule has 0 aliphatic carbocycles. The highest BCUT2D eigenvalue weighted by Gasteiger charge is 2.29. The third-order valence-corrected chi connectivity index (χ3v) is 14.0. The molecular formula is C61H37N5. The molecule has 0 aliphatic rings. The van der Waals surface area contributed by atoms with E-state index in [0.717, 1.165) is 72.6 Å². The van der Waals surface area contributed by atoms with Gasteiger partial charge in [0.05, 0.1) is 44.5 Å². The number of benzene rings is 10. The molecule has 5 nitrogen and oxygen atoms in total. The maximum absolute atomic E-state index is 5.95. The summed E-state index contributed by atoms with van der Waals surface area (Å²) in [4.78, 5) is 10.8. The van der Waals surface area contributed by atoms with Gasteiger partial charge in [-0.3, -0.25) is 4.40 Å². The summed E-state index contributed by atoms with van der Waals surface area (Å²) in [6.45, 7) is 0. The Morgan fingerprint density at radius 2 is 0.818 bits per heavy atom. The van der Waals surface area contributed by atoms with E-state index in [0.29, 0.717) is 0 Å². The second kappa shape index (κ2) is 13.3. The first kappa shape index (κ1) is 35.5. The minimum Gasteiger partial charge on any atom is -0.308 e. The van der Waals surface area contributed by atoms with Crippen molar-refractivity contribution >= 4 is 132 Å². The van der Waals surface area contributed by atoms with Crippen molar-refractivity contribution in [2.24, 2.45) is 0 Å². The molecule has 15 aromatic rings. The Kier molecular flexibility index (Phi) is 7.16. The van der Waals surface area contributed by atoms with Gasteiger partial charge in [-0.1, -0.05) is 152 Å². The normalized spacial score (nSPS) is 12.2. The molecular weight excluding hydrogens is 803 g/mol. The molecule has 0 radical (unpaired) electrons. The number of nitrogens with zero attached hydrogens (tertiary/aromatic N) is 5. The molecule has 5 aromatic heterocycles. The van der Waals surface area contributed by atoms with E-state index in [2.05, 4.69) is 243 Å². The highest BCUT2D eigenvalue weighted by Crippen LogP contribution is 2.51. The number of fused-ring (bicyclic) bond motifs is 15. The summed E-state index contributed by atoms with van der Waals surface area (Å²) in [5.41, 5.74) is 14.4. The number of anilines is 6. The number of hydrogen-bond acceptors (Lipinski definition) is 3. The minimum absolute atomic E-state index is 0.958. The number of pyridine rings is 1. The largest absolute Gasteiger partial charge is 0.308 e. The predicted molar refractivity (Wildman–Crippen MR) is 278 cm³/mol. The van der Waals surface area contributed by atoms with Crippen LogP contribution in [0.15, 0.2) is 224 Å². The molecule has 66 heavy (non-hydrogen) atoms. The summed E-state index contributed by atoms with van der Waals surface area (Å²) in [5, 5.41) is 13.2. The van der Waals surface area contributed by atoms with E-state index in [-0.39, 0.29) is 0 Å². The first-order valence-corrected chi connectivity index (χ1v) is 22.6. The minimum atomic E-state index is 0.958. The highest BCUT2D eigenvalue weighted by atomic mass is 15.2. The summed E-state index contributed by atoms with van der Waals surface area (Å²) < 4.78 is 5.01. The van der Waals surface area contributed by atoms with Gasteiger partial charge in [0.25, 0.3) is 0 Å². The van der Waals surface area contributed by atoms with E-state index >= 15 is 0 Å². The first-order chi connectivity index (χ1) is 32.8. The number of rotatable bonds is 6. The molecule has 5 heteroatoms. The van der Waals surface area contributed by atoms with E-state index < -0.39 is 0 Å². The van der Waals surface area contributed by atoms with E-state index in [4.69, 9.17) is 4.98 Å². The average Bonchev–Trinajstić information content (AvgIpc) is 4.10. The molecule has 0 bridgehead atoms. The van der Waals surface area contributed by atoms with Crippen LogP contribution in [0.1, 0.15) is 0 Å². The van der Waals surface area contributed by atoms with Gasteiger partial charge in [0.1, 0.15) is 5.65 Å². The van der Waals surface area contributed by atoms with E-state index in [1.54, 1.807) is 0 Å². The summed E-state index contributed by atoms with van der Waals surface area (Å²) >= 11 is 0. The van der Waals surface area contributed by atoms with Gasteiger partial charge < -0.3 is 14.2 Å². The first-order valence-electron chi connectivity index (χ1n) is 22.6. The Labute approximate surface area is 378 Å². The fraction of sp³-hybridized carbons (Fsp3) is 0. The zero-order valence-corrected chi connectivity index (χ0v) is 35.6. The van der Waals surface area contributed by atoms with Gasteiger partial charge in [0, 0.05) is 65.8 Å². The third kappa shape index (κ3) is 4.70. The molecule has 0 saturated heterocycles. The van der Waals surface area contributed by atoms with Gasteiger partial charge in [-0.25, -0.2) is 4.98 Å². The van der Waals surface area contributed by atoms with Crippen molar-refractivity contribution in [2.75, 3.05) is 9.80 Å². The van der Waals surface area contributed by atoms with Crippen LogP contribution in [0.2, 0.25) is 0 Å². The van der Waals surface area contributed by atoms with Crippen LogP contribution in [0, 0.1) is 0 Å². The quantitative estimate of drug-likeness (QED) is 0.167. The lowest BCUT2D eigenvalue weighted by molar-refractivity contribution is 1.25. The lowest BCUT2D eigenvalue weighted by Gasteiger charge is -2.28.